The van der Waals surface area contributed by atoms with Gasteiger partial charge in [0.1, 0.15) is 11.1 Å². The molecular formula is C25H20N2O6. The second-order valence-electron chi connectivity index (χ2n) is 7.22. The Morgan fingerprint density at radius 2 is 1.61 bits per heavy atom. The number of ether oxygens (including phenoxy) is 3. The van der Waals surface area contributed by atoms with E-state index in [2.05, 4.69) is 10.3 Å². The summed E-state index contributed by atoms with van der Waals surface area (Å²) in [6, 6.07) is 17.9. The molecule has 0 aliphatic heterocycles. The number of nitrogens with zero attached hydrogens (tertiary/aromatic N) is 1. The molecular weight excluding hydrogens is 424 g/mol. The minimum absolute atomic E-state index is 0.231. The summed E-state index contributed by atoms with van der Waals surface area (Å²) >= 11 is 0. The molecule has 8 heteroatoms. The van der Waals surface area contributed by atoms with Gasteiger partial charge in [0.15, 0.2) is 22.8 Å². The van der Waals surface area contributed by atoms with Crippen LogP contribution < -0.4 is 19.5 Å². The minimum atomic E-state index is -0.348. The van der Waals surface area contributed by atoms with E-state index in [1.54, 1.807) is 57.7 Å². The van der Waals surface area contributed by atoms with Gasteiger partial charge in [0.25, 0.3) is 5.91 Å². The Morgan fingerprint density at radius 1 is 0.848 bits per heavy atom. The number of furan rings is 1. The smallest absolute Gasteiger partial charge is 0.291 e. The van der Waals surface area contributed by atoms with Crippen molar-refractivity contribution in [3.8, 4) is 28.7 Å². The van der Waals surface area contributed by atoms with Crippen LogP contribution in [0.15, 0.2) is 69.5 Å². The fourth-order valence-corrected chi connectivity index (χ4v) is 3.62. The summed E-state index contributed by atoms with van der Waals surface area (Å²) in [4.78, 5) is 17.2. The third kappa shape index (κ3) is 3.71. The van der Waals surface area contributed by atoms with Gasteiger partial charge in [0.05, 0.1) is 21.3 Å². The molecule has 1 N–H and O–H groups in total. The molecule has 33 heavy (non-hydrogen) atoms. The van der Waals surface area contributed by atoms with Crippen LogP contribution in [0.2, 0.25) is 0 Å². The van der Waals surface area contributed by atoms with E-state index < -0.39 is 0 Å². The highest BCUT2D eigenvalue weighted by molar-refractivity contribution is 6.05. The van der Waals surface area contributed by atoms with Crippen LogP contribution in [0.25, 0.3) is 33.5 Å². The zero-order chi connectivity index (χ0) is 22.9. The van der Waals surface area contributed by atoms with Crippen molar-refractivity contribution in [1.29, 1.82) is 0 Å². The Labute approximate surface area is 188 Å². The lowest BCUT2D eigenvalue weighted by Crippen LogP contribution is -2.10. The molecule has 0 radical (unpaired) electrons. The summed E-state index contributed by atoms with van der Waals surface area (Å²) in [5.74, 6) is 1.73. The number of anilines is 1. The number of rotatable bonds is 6. The average Bonchev–Trinajstić information content (AvgIpc) is 3.47. The largest absolute Gasteiger partial charge is 0.493 e. The fourth-order valence-electron chi connectivity index (χ4n) is 3.62. The van der Waals surface area contributed by atoms with E-state index in [9.17, 15) is 4.79 Å². The highest BCUT2D eigenvalue weighted by Gasteiger charge is 2.18. The Hall–Kier alpha value is -4.46. The van der Waals surface area contributed by atoms with E-state index in [-0.39, 0.29) is 11.7 Å². The molecule has 0 saturated heterocycles. The summed E-state index contributed by atoms with van der Waals surface area (Å²) in [5.41, 5.74) is 3.04. The highest BCUT2D eigenvalue weighted by atomic mass is 16.5. The summed E-state index contributed by atoms with van der Waals surface area (Å²) in [6.45, 7) is 0. The van der Waals surface area contributed by atoms with Crippen LogP contribution in [-0.4, -0.2) is 32.2 Å². The number of methoxy groups -OCH3 is 3. The Morgan fingerprint density at radius 3 is 2.30 bits per heavy atom. The van der Waals surface area contributed by atoms with Gasteiger partial charge in [-0.2, -0.15) is 0 Å². The molecule has 0 unspecified atom stereocenters. The summed E-state index contributed by atoms with van der Waals surface area (Å²) in [7, 11) is 4.63. The van der Waals surface area contributed by atoms with Gasteiger partial charge in [-0.3, -0.25) is 4.79 Å². The summed E-state index contributed by atoms with van der Waals surface area (Å²) in [6.07, 6.45) is 0. The molecule has 8 nitrogen and oxygen atoms in total. The topological polar surface area (TPSA) is 96.0 Å². The number of hydrogen-bond acceptors (Lipinski definition) is 7. The van der Waals surface area contributed by atoms with Crippen molar-refractivity contribution in [1.82, 2.24) is 4.98 Å². The van der Waals surface area contributed by atoms with Crippen molar-refractivity contribution in [2.24, 2.45) is 0 Å². The molecule has 5 aromatic rings. The van der Waals surface area contributed by atoms with Crippen LogP contribution in [0.1, 0.15) is 10.6 Å². The van der Waals surface area contributed by atoms with Crippen LogP contribution in [0.5, 0.6) is 17.2 Å². The first-order chi connectivity index (χ1) is 16.1. The zero-order valence-electron chi connectivity index (χ0n) is 18.2. The third-order valence-corrected chi connectivity index (χ3v) is 5.21. The second kappa shape index (κ2) is 8.23. The van der Waals surface area contributed by atoms with Crippen LogP contribution in [0.4, 0.5) is 5.69 Å². The first-order valence-corrected chi connectivity index (χ1v) is 10.1. The van der Waals surface area contributed by atoms with Gasteiger partial charge in [0.2, 0.25) is 11.6 Å². The molecule has 0 bridgehead atoms. The molecule has 0 fully saturated rings. The van der Waals surface area contributed by atoms with Crippen molar-refractivity contribution in [3.63, 3.8) is 0 Å². The number of carbonyl (C=O) groups excluding carboxylic acids is 1. The van der Waals surface area contributed by atoms with Gasteiger partial charge in [-0.15, -0.1) is 0 Å². The molecule has 0 aliphatic rings. The van der Waals surface area contributed by atoms with Crippen LogP contribution in [0, 0.1) is 0 Å². The molecule has 1 amide bonds. The van der Waals surface area contributed by atoms with E-state index in [1.165, 1.54) is 0 Å². The number of nitrogens with one attached hydrogen (secondary N) is 1. The quantitative estimate of drug-likeness (QED) is 0.368. The monoisotopic (exact) mass is 444 g/mol. The first kappa shape index (κ1) is 20.4. The number of aromatic nitrogens is 1. The molecule has 2 aromatic heterocycles. The van der Waals surface area contributed by atoms with E-state index in [0.717, 1.165) is 5.39 Å². The minimum Gasteiger partial charge on any atom is -0.493 e. The molecule has 3 aromatic carbocycles. The first-order valence-electron chi connectivity index (χ1n) is 10.1. The molecule has 5 rings (SSSR count). The fraction of sp³-hybridized carbons (Fsp3) is 0.120. The molecule has 0 spiro atoms. The normalized spacial score (nSPS) is 11.0. The molecule has 2 heterocycles. The van der Waals surface area contributed by atoms with Crippen LogP contribution in [0.3, 0.4) is 0 Å². The molecule has 0 saturated carbocycles. The van der Waals surface area contributed by atoms with Crippen molar-refractivity contribution < 1.29 is 27.8 Å². The van der Waals surface area contributed by atoms with E-state index in [4.69, 9.17) is 23.0 Å². The Balaban J connectivity index is 1.45. The summed E-state index contributed by atoms with van der Waals surface area (Å²) < 4.78 is 27.7. The maximum absolute atomic E-state index is 12.7. The number of fused-ring (bicyclic) bond motifs is 2. The Bertz CT molecular complexity index is 1430. The number of para-hydroxylation sites is 1. The average molecular weight is 444 g/mol. The van der Waals surface area contributed by atoms with Gasteiger partial charge >= 0.3 is 0 Å². The summed E-state index contributed by atoms with van der Waals surface area (Å²) in [5, 5.41) is 3.71. The van der Waals surface area contributed by atoms with Crippen molar-refractivity contribution in [2.75, 3.05) is 26.6 Å². The standard InChI is InChI=1S/C25H20N2O6/c1-29-20-11-15(12-21(30-2)23(20)31-3)25-27-17-13-16(8-9-19(17)33-25)26-24(28)22-10-14-6-4-5-7-18(14)32-22/h4-13H,1-3H3,(H,26,28). The van der Waals surface area contributed by atoms with Crippen molar-refractivity contribution in [3.05, 3.63) is 66.4 Å². The number of oxazole rings is 1. The lowest BCUT2D eigenvalue weighted by molar-refractivity contribution is 0.0998. The zero-order valence-corrected chi connectivity index (χ0v) is 18.2. The van der Waals surface area contributed by atoms with E-state index in [0.29, 0.717) is 51.1 Å². The number of amides is 1. The Kier molecular flexibility index (Phi) is 5.10. The van der Waals surface area contributed by atoms with Gasteiger partial charge in [-0.1, -0.05) is 18.2 Å². The second-order valence-corrected chi connectivity index (χ2v) is 7.22. The van der Waals surface area contributed by atoms with Crippen molar-refractivity contribution >= 4 is 33.7 Å². The van der Waals surface area contributed by atoms with Gasteiger partial charge < -0.3 is 28.4 Å². The van der Waals surface area contributed by atoms with Crippen molar-refractivity contribution in [2.45, 2.75) is 0 Å². The lowest BCUT2D eigenvalue weighted by Gasteiger charge is -2.12. The van der Waals surface area contributed by atoms with Crippen LogP contribution >= 0.6 is 0 Å². The maximum Gasteiger partial charge on any atom is 0.291 e. The number of carbonyl (C=O) groups is 1. The predicted molar refractivity (Wildman–Crippen MR) is 123 cm³/mol. The third-order valence-electron chi connectivity index (χ3n) is 5.21. The van der Waals surface area contributed by atoms with Gasteiger partial charge in [0, 0.05) is 16.6 Å². The van der Waals surface area contributed by atoms with Gasteiger partial charge in [-0.25, -0.2) is 4.98 Å². The predicted octanol–water partition coefficient (Wildman–Crippen LogP) is 5.52. The molecule has 166 valence electrons. The van der Waals surface area contributed by atoms with E-state index >= 15 is 0 Å². The highest BCUT2D eigenvalue weighted by Crippen LogP contribution is 2.41. The SMILES string of the molecule is COc1cc(-c2nc3cc(NC(=O)c4cc5ccccc5o4)ccc3o2)cc(OC)c1OC. The maximum atomic E-state index is 12.7. The number of hydrogen-bond donors (Lipinski definition) is 1. The van der Waals surface area contributed by atoms with E-state index in [1.807, 2.05) is 24.3 Å². The lowest BCUT2D eigenvalue weighted by atomic mass is 10.2. The van der Waals surface area contributed by atoms with Crippen LogP contribution in [-0.2, 0) is 0 Å². The molecule has 0 atom stereocenters. The number of benzene rings is 3. The van der Waals surface area contributed by atoms with Gasteiger partial charge in [-0.05, 0) is 42.5 Å². The molecule has 0 aliphatic carbocycles.